The minimum absolute atomic E-state index is 0.0181. The summed E-state index contributed by atoms with van der Waals surface area (Å²) in [6.45, 7) is 8.67. The van der Waals surface area contributed by atoms with Crippen molar-refractivity contribution >= 4 is 70.0 Å². The van der Waals surface area contributed by atoms with Crippen molar-refractivity contribution in [2.75, 3.05) is 60.2 Å². The van der Waals surface area contributed by atoms with Gasteiger partial charge in [-0.2, -0.15) is 0 Å². The molecule has 7 amide bonds. The highest BCUT2D eigenvalue weighted by Crippen LogP contribution is 2.45. The summed E-state index contributed by atoms with van der Waals surface area (Å²) in [5.74, 6) is -5.55. The minimum Gasteiger partial charge on any atom is -0.497 e. The molecule has 0 radical (unpaired) electrons. The lowest BCUT2D eigenvalue weighted by Crippen LogP contribution is -2.61. The Bertz CT molecular complexity index is 4790. The fraction of sp³-hybridized carbons (Fsp3) is 0.432. The second kappa shape index (κ2) is 38.4. The summed E-state index contributed by atoms with van der Waals surface area (Å²) < 4.78 is 46.4. The number of likely N-dealkylation sites (tertiary alicyclic amines) is 1. The smallest absolute Gasteiger partial charge is 0.407 e. The number of benzene rings is 6. The Morgan fingerprint density at radius 1 is 0.861 bits per heavy atom. The largest absolute Gasteiger partial charge is 0.497 e. The van der Waals surface area contributed by atoms with E-state index < -0.39 is 132 Å². The van der Waals surface area contributed by atoms with Crippen molar-refractivity contribution in [1.82, 2.24) is 40.5 Å². The molecule has 1 unspecified atom stereocenters. The highest BCUT2D eigenvalue weighted by Gasteiger charge is 2.50. The zero-order valence-corrected chi connectivity index (χ0v) is 66.0. The predicted octanol–water partition coefficient (Wildman–Crippen LogP) is 10.1. The normalized spacial score (nSPS) is 19.1. The number of carbonyl (C=O) groups excluding carboxylic acids is 10. The van der Waals surface area contributed by atoms with E-state index in [0.29, 0.717) is 51.7 Å². The number of fused-ring (bicyclic) bond motifs is 8. The van der Waals surface area contributed by atoms with Crippen LogP contribution in [0.3, 0.4) is 0 Å². The molecule has 4 N–H and O–H groups in total. The summed E-state index contributed by atoms with van der Waals surface area (Å²) in [5, 5.41) is 15.8. The van der Waals surface area contributed by atoms with Gasteiger partial charge in [0, 0.05) is 105 Å². The molecule has 4 bridgehead atoms. The number of rotatable bonds is 29. The maximum absolute atomic E-state index is 16.2. The van der Waals surface area contributed by atoms with Gasteiger partial charge in [-0.3, -0.25) is 43.2 Å². The van der Waals surface area contributed by atoms with Crippen LogP contribution in [0.25, 0.3) is 32.5 Å². The number of alkyl carbamates (subject to hydrolysis) is 1. The van der Waals surface area contributed by atoms with Gasteiger partial charge in [0.2, 0.25) is 35.4 Å². The molecule has 6 aromatic carbocycles. The molecule has 4 heterocycles. The van der Waals surface area contributed by atoms with Gasteiger partial charge in [-0.05, 0) is 165 Å². The number of amides is 7. The Hall–Kier alpha value is -11.7. The van der Waals surface area contributed by atoms with Crippen LogP contribution in [0.4, 0.5) is 9.18 Å². The van der Waals surface area contributed by atoms with E-state index in [2.05, 4.69) is 37.2 Å². The fourth-order valence-electron chi connectivity index (χ4n) is 16.2. The topological polar surface area (TPSA) is 328 Å². The van der Waals surface area contributed by atoms with Crippen LogP contribution in [0.1, 0.15) is 130 Å². The van der Waals surface area contributed by atoms with E-state index in [-0.39, 0.29) is 116 Å². The average molecular weight is 1570 g/mol. The lowest BCUT2D eigenvalue weighted by molar-refractivity contribution is -0.150. The van der Waals surface area contributed by atoms with Crippen LogP contribution in [0.5, 0.6) is 5.75 Å². The molecule has 11 rings (SSSR count). The van der Waals surface area contributed by atoms with E-state index in [4.69, 9.17) is 35.6 Å². The highest BCUT2D eigenvalue weighted by molar-refractivity contribution is 5.99. The number of Topliss-reactive ketones (excluding diaryl/α,β-unsaturated/α-hetero) is 2. The number of hydrogen-bond acceptors (Lipinski definition) is 16. The van der Waals surface area contributed by atoms with Crippen molar-refractivity contribution in [3.63, 3.8) is 0 Å². The van der Waals surface area contributed by atoms with Crippen LogP contribution in [-0.4, -0.2) is 180 Å². The molecule has 604 valence electrons. The van der Waals surface area contributed by atoms with Crippen LogP contribution < -0.4 is 26.0 Å². The molecule has 0 spiro atoms. The molecular formula is C88H100FN11O15. The van der Waals surface area contributed by atoms with E-state index in [1.54, 1.807) is 100.0 Å². The number of nitrogens with zero attached hydrogens (tertiary/aromatic N) is 7. The number of azide groups is 1. The van der Waals surface area contributed by atoms with Gasteiger partial charge >= 0.3 is 12.1 Å². The Morgan fingerprint density at radius 2 is 1.57 bits per heavy atom. The van der Waals surface area contributed by atoms with Gasteiger partial charge in [0.05, 0.1) is 57.0 Å². The van der Waals surface area contributed by atoms with Crippen LogP contribution in [0, 0.1) is 30.0 Å². The summed E-state index contributed by atoms with van der Waals surface area (Å²) in [5.41, 5.74) is 15.0. The van der Waals surface area contributed by atoms with Gasteiger partial charge in [-0.25, -0.2) is 9.18 Å². The van der Waals surface area contributed by atoms with Crippen molar-refractivity contribution < 1.29 is 76.0 Å². The number of ketones is 2. The van der Waals surface area contributed by atoms with E-state index in [1.165, 1.54) is 41.1 Å². The summed E-state index contributed by atoms with van der Waals surface area (Å²) in [6.07, 6.45) is 3.91. The van der Waals surface area contributed by atoms with Crippen LogP contribution in [0.15, 0.2) is 151 Å². The average Bonchev–Trinajstić information content (AvgIpc) is 1.64. The number of methoxy groups -OCH3 is 2. The van der Waals surface area contributed by atoms with Crippen LogP contribution >= 0.6 is 0 Å². The predicted molar refractivity (Wildman–Crippen MR) is 427 cm³/mol. The molecule has 1 aromatic heterocycles. The van der Waals surface area contributed by atoms with Gasteiger partial charge in [0.15, 0.2) is 11.6 Å². The Labute approximate surface area is 668 Å². The number of aromatic nitrogens is 1. The first-order valence-corrected chi connectivity index (χ1v) is 39.0. The van der Waals surface area contributed by atoms with Crippen LogP contribution in [-0.2, 0) is 107 Å². The minimum atomic E-state index is -1.50. The van der Waals surface area contributed by atoms with E-state index in [9.17, 15) is 24.0 Å². The number of terminal acetylenes is 1. The first-order valence-electron chi connectivity index (χ1n) is 39.0. The third kappa shape index (κ3) is 21.2. The van der Waals surface area contributed by atoms with Gasteiger partial charge in [-0.1, -0.05) is 120 Å². The maximum atomic E-state index is 16.2. The number of carbonyl (C=O) groups is 10. The monoisotopic (exact) mass is 1570 g/mol. The van der Waals surface area contributed by atoms with Gasteiger partial charge in [0.25, 0.3) is 0 Å². The molecule has 1 aliphatic carbocycles. The highest BCUT2D eigenvalue weighted by atomic mass is 19.1. The Kier molecular flexibility index (Phi) is 28.1. The zero-order valence-electron chi connectivity index (χ0n) is 66.0. The first kappa shape index (κ1) is 84.2. The van der Waals surface area contributed by atoms with Crippen LogP contribution in [0.2, 0.25) is 0 Å². The van der Waals surface area contributed by atoms with E-state index >= 15 is 28.4 Å². The number of nitrogens with one attached hydrogen (secondary N) is 4. The van der Waals surface area contributed by atoms with Gasteiger partial charge in [-0.15, -0.1) is 6.42 Å². The lowest BCUT2D eigenvalue weighted by Gasteiger charge is -2.37. The second-order valence-electron chi connectivity index (χ2n) is 31.0. The first-order chi connectivity index (χ1) is 55.2. The fourth-order valence-corrected chi connectivity index (χ4v) is 16.2. The van der Waals surface area contributed by atoms with Crippen molar-refractivity contribution in [3.8, 4) is 29.2 Å². The molecule has 3 aliphatic heterocycles. The standard InChI is InChI=1S/C88H100FN11O15/c1-9-39-97-52-62(70-48-63(89)28-31-74(70)97)46-61-47-75(101)72(95-86(110)114-53-71-67-20-12-10-18-65(67)66-19-11-13-21-68(66)71)45-59-16-14-17-60(43-59)50-92-78(103)54-113-77-35-41-99(83(61)107)81(77)76(102)49-69(55(2)115-87(3,4)5)82(106)94-73(44-57-26-29-64(111-7)30-27-57)84(108)100-40-15-36-88(100,6)85(109)91-37-34-56-22-24-58(25-23-56)51-98(42-38-93-96-90)79(104)32-33-80(105)112-8/h1,10-14,16-31,43,48,52,55,61,69,71-73,77,81H,15,32-42,44-47,49-51,53-54H2,2-8H3,(H,91,109)(H,92,103)(H,94,106)(H,95,110)/t55?,61-,69+,72+,73+,77+,81-,88+/m1/s1. The number of hydrogen-bond donors (Lipinski definition) is 4. The molecule has 2 saturated heterocycles. The second-order valence-corrected chi connectivity index (χ2v) is 31.0. The number of halogens is 1. The summed E-state index contributed by atoms with van der Waals surface area (Å²) in [4.78, 5) is 154. The zero-order chi connectivity index (χ0) is 82.1. The van der Waals surface area contributed by atoms with E-state index in [1.807, 2.05) is 72.8 Å². The molecule has 26 nitrogen and oxygen atoms in total. The summed E-state index contributed by atoms with van der Waals surface area (Å²) in [7, 11) is 2.76. The van der Waals surface area contributed by atoms with Crippen molar-refractivity contribution in [3.05, 3.63) is 206 Å². The van der Waals surface area contributed by atoms with Crippen molar-refractivity contribution in [2.45, 2.75) is 172 Å². The third-order valence-electron chi connectivity index (χ3n) is 22.0. The molecular weight excluding hydrogens is 1470 g/mol. The lowest BCUT2D eigenvalue weighted by atomic mass is 9.87. The maximum Gasteiger partial charge on any atom is 0.407 e. The quantitative estimate of drug-likeness (QED) is 0.0111. The SMILES string of the molecule is C#CCn1cc(C[C@@H]2CC(=O)[C@@H](NC(=O)OCC3c4ccccc4-c4ccccc43)Cc3cccc(c3)CNC(=O)CO[C@H]3CCN(C2=O)[C@@H]3C(=O)C[C@H](C(=O)N[C@@H](Cc2ccc(OC)cc2)C(=O)N2CCC[C@@]2(C)C(=O)NCCc2ccc(CN(CCN=[N+]=[N-])C(=O)CCC(=O)OC)cc2)C(C)OC(C)(C)C)c2cc(F)ccc21. The molecule has 8 atom stereocenters. The summed E-state index contributed by atoms with van der Waals surface area (Å²) in [6, 6.07) is 37.2. The Balaban J connectivity index is 0.869. The molecule has 115 heavy (non-hydrogen) atoms. The molecule has 4 aliphatic rings. The van der Waals surface area contributed by atoms with Crippen molar-refractivity contribution in [1.29, 1.82) is 0 Å². The number of esters is 1. The van der Waals surface area contributed by atoms with Gasteiger partial charge < -0.3 is 64.2 Å². The molecule has 0 saturated carbocycles. The van der Waals surface area contributed by atoms with Gasteiger partial charge in [0.1, 0.15) is 42.4 Å². The number of ether oxygens (including phenoxy) is 5. The molecule has 27 heteroatoms. The summed E-state index contributed by atoms with van der Waals surface area (Å²) >= 11 is 0. The van der Waals surface area contributed by atoms with Crippen molar-refractivity contribution in [2.24, 2.45) is 17.0 Å². The molecule has 7 aromatic rings. The molecule has 2 fully saturated rings. The van der Waals surface area contributed by atoms with E-state index in [0.717, 1.165) is 33.4 Å². The third-order valence-corrected chi connectivity index (χ3v) is 22.0. The Morgan fingerprint density at radius 3 is 2.26 bits per heavy atom.